The van der Waals surface area contributed by atoms with Crippen LogP contribution < -0.4 is 9.62 Å². The summed E-state index contributed by atoms with van der Waals surface area (Å²) < 4.78 is 52.5. The van der Waals surface area contributed by atoms with Crippen molar-refractivity contribution in [3.63, 3.8) is 0 Å². The highest BCUT2D eigenvalue weighted by Crippen LogP contribution is 2.23. The van der Waals surface area contributed by atoms with Crippen molar-refractivity contribution >= 4 is 39.1 Å². The molecule has 2 rings (SSSR count). The largest absolute Gasteiger partial charge is 0.352 e. The fourth-order valence-electron chi connectivity index (χ4n) is 3.05. The normalized spacial score (nSPS) is 12.4. The zero-order valence-corrected chi connectivity index (χ0v) is 20.3. The molecule has 0 saturated carbocycles. The van der Waals surface area contributed by atoms with Gasteiger partial charge in [0.25, 0.3) is 0 Å². The predicted octanol–water partition coefficient (Wildman–Crippen LogP) is 3.33. The van der Waals surface area contributed by atoms with Crippen LogP contribution in [0.3, 0.4) is 0 Å². The van der Waals surface area contributed by atoms with Crippen molar-refractivity contribution in [1.29, 1.82) is 0 Å². The minimum Gasteiger partial charge on any atom is -0.352 e. The van der Waals surface area contributed by atoms with Gasteiger partial charge in [-0.05, 0) is 44.5 Å². The molecule has 11 heteroatoms. The highest BCUT2D eigenvalue weighted by atomic mass is 35.5. The molecule has 0 aromatic heterocycles. The molecule has 0 aliphatic heterocycles. The number of benzene rings is 2. The zero-order chi connectivity index (χ0) is 24.9. The standard InChI is InChI=1S/C22H26ClF2N3O4S/c1-14(2)26-22(30)15(3)27(12-16-7-5-6-8-18(16)23)21(29)13-28(33(4,31)32)17-9-10-19(24)20(25)11-17/h5-11,14-15H,12-13H2,1-4H3,(H,26,30)/t15-/m1/s1. The molecular weight excluding hydrogens is 476 g/mol. The lowest BCUT2D eigenvalue weighted by Crippen LogP contribution is -2.52. The first-order valence-electron chi connectivity index (χ1n) is 10.1. The summed E-state index contributed by atoms with van der Waals surface area (Å²) in [6.07, 6.45) is 0.842. The van der Waals surface area contributed by atoms with Gasteiger partial charge < -0.3 is 10.2 Å². The van der Waals surface area contributed by atoms with Crippen LogP contribution >= 0.6 is 11.6 Å². The van der Waals surface area contributed by atoms with Gasteiger partial charge in [0.05, 0.1) is 11.9 Å². The Morgan fingerprint density at radius 3 is 2.24 bits per heavy atom. The van der Waals surface area contributed by atoms with Crippen LogP contribution in [-0.4, -0.2) is 50.0 Å². The van der Waals surface area contributed by atoms with Crippen molar-refractivity contribution in [3.8, 4) is 0 Å². The van der Waals surface area contributed by atoms with Crippen molar-refractivity contribution in [3.05, 3.63) is 64.7 Å². The molecule has 0 aliphatic rings. The first-order valence-corrected chi connectivity index (χ1v) is 12.3. The Bertz CT molecular complexity index is 1130. The Morgan fingerprint density at radius 2 is 1.70 bits per heavy atom. The van der Waals surface area contributed by atoms with E-state index >= 15 is 0 Å². The van der Waals surface area contributed by atoms with Gasteiger partial charge in [0.1, 0.15) is 12.6 Å². The van der Waals surface area contributed by atoms with Crippen LogP contribution in [0.5, 0.6) is 0 Å². The molecule has 0 heterocycles. The van der Waals surface area contributed by atoms with E-state index in [1.54, 1.807) is 38.1 Å². The van der Waals surface area contributed by atoms with Crippen LogP contribution in [0.15, 0.2) is 42.5 Å². The molecule has 33 heavy (non-hydrogen) atoms. The second kappa shape index (κ2) is 10.9. The number of hydrogen-bond donors (Lipinski definition) is 1. The summed E-state index contributed by atoms with van der Waals surface area (Å²) in [4.78, 5) is 27.1. The molecule has 180 valence electrons. The molecule has 0 saturated heterocycles. The molecule has 0 aliphatic carbocycles. The average molecular weight is 502 g/mol. The summed E-state index contributed by atoms with van der Waals surface area (Å²) in [7, 11) is -4.05. The Morgan fingerprint density at radius 1 is 1.06 bits per heavy atom. The van der Waals surface area contributed by atoms with Gasteiger partial charge in [-0.25, -0.2) is 17.2 Å². The van der Waals surface area contributed by atoms with Gasteiger partial charge in [0, 0.05) is 23.7 Å². The van der Waals surface area contributed by atoms with E-state index in [1.165, 1.54) is 11.8 Å². The van der Waals surface area contributed by atoms with Crippen LogP contribution in [0.1, 0.15) is 26.3 Å². The number of anilines is 1. The van der Waals surface area contributed by atoms with E-state index in [2.05, 4.69) is 5.32 Å². The third-order valence-corrected chi connectivity index (χ3v) is 6.28. The molecular formula is C22H26ClF2N3O4S. The number of nitrogens with zero attached hydrogens (tertiary/aromatic N) is 2. The number of hydrogen-bond acceptors (Lipinski definition) is 4. The third-order valence-electron chi connectivity index (χ3n) is 4.77. The Hall–Kier alpha value is -2.72. The SMILES string of the molecule is CC(C)NC(=O)[C@@H](C)N(Cc1ccccc1Cl)C(=O)CN(c1ccc(F)c(F)c1)S(C)(=O)=O. The van der Waals surface area contributed by atoms with E-state index in [4.69, 9.17) is 11.6 Å². The summed E-state index contributed by atoms with van der Waals surface area (Å²) in [5.41, 5.74) is 0.331. The van der Waals surface area contributed by atoms with Crippen LogP contribution in [0.4, 0.5) is 14.5 Å². The Balaban J connectivity index is 2.43. The van der Waals surface area contributed by atoms with Crippen LogP contribution in [0, 0.1) is 11.6 Å². The predicted molar refractivity (Wildman–Crippen MR) is 123 cm³/mol. The molecule has 1 N–H and O–H groups in total. The maximum absolute atomic E-state index is 13.8. The van der Waals surface area contributed by atoms with E-state index in [0.29, 0.717) is 21.0 Å². The van der Waals surface area contributed by atoms with Crippen molar-refractivity contribution in [2.75, 3.05) is 17.1 Å². The first-order chi connectivity index (χ1) is 15.3. The number of rotatable bonds is 9. The van der Waals surface area contributed by atoms with Gasteiger partial charge in [-0.1, -0.05) is 29.8 Å². The van der Waals surface area contributed by atoms with Gasteiger partial charge in [-0.15, -0.1) is 0 Å². The maximum atomic E-state index is 13.8. The average Bonchev–Trinajstić information content (AvgIpc) is 2.71. The van der Waals surface area contributed by atoms with Crippen molar-refractivity contribution in [2.24, 2.45) is 0 Å². The lowest BCUT2D eigenvalue weighted by molar-refractivity contribution is -0.139. The number of sulfonamides is 1. The molecule has 0 spiro atoms. The van der Waals surface area contributed by atoms with E-state index in [9.17, 15) is 26.8 Å². The molecule has 2 aromatic rings. The maximum Gasteiger partial charge on any atom is 0.244 e. The zero-order valence-electron chi connectivity index (χ0n) is 18.7. The fraction of sp³-hybridized carbons (Fsp3) is 0.364. The monoisotopic (exact) mass is 501 g/mol. The van der Waals surface area contributed by atoms with Crippen LogP contribution in [-0.2, 0) is 26.2 Å². The number of carbonyl (C=O) groups is 2. The number of halogens is 3. The minimum atomic E-state index is -4.05. The molecule has 1 atom stereocenters. The lowest BCUT2D eigenvalue weighted by Gasteiger charge is -2.32. The van der Waals surface area contributed by atoms with Gasteiger partial charge in [-0.3, -0.25) is 13.9 Å². The van der Waals surface area contributed by atoms with E-state index in [-0.39, 0.29) is 18.3 Å². The third kappa shape index (κ3) is 7.13. The summed E-state index contributed by atoms with van der Waals surface area (Å²) in [5, 5.41) is 3.09. The number of amides is 2. The summed E-state index contributed by atoms with van der Waals surface area (Å²) in [6.45, 7) is 4.24. The summed E-state index contributed by atoms with van der Waals surface area (Å²) >= 11 is 6.23. The van der Waals surface area contributed by atoms with Gasteiger partial charge >= 0.3 is 0 Å². The fourth-order valence-corrected chi connectivity index (χ4v) is 4.09. The Kier molecular flexibility index (Phi) is 8.79. The van der Waals surface area contributed by atoms with Gasteiger partial charge in [-0.2, -0.15) is 0 Å². The van der Waals surface area contributed by atoms with Crippen molar-refractivity contribution in [1.82, 2.24) is 10.2 Å². The lowest BCUT2D eigenvalue weighted by atomic mass is 10.1. The summed E-state index contributed by atoms with van der Waals surface area (Å²) in [6, 6.07) is 8.09. The van der Waals surface area contributed by atoms with Gasteiger partial charge in [0.2, 0.25) is 21.8 Å². The van der Waals surface area contributed by atoms with Crippen molar-refractivity contribution in [2.45, 2.75) is 39.4 Å². The molecule has 0 radical (unpaired) electrons. The molecule has 0 fully saturated rings. The highest BCUT2D eigenvalue weighted by molar-refractivity contribution is 7.92. The van der Waals surface area contributed by atoms with Crippen LogP contribution in [0.2, 0.25) is 5.02 Å². The van der Waals surface area contributed by atoms with Crippen LogP contribution in [0.25, 0.3) is 0 Å². The molecule has 0 bridgehead atoms. The quantitative estimate of drug-likeness (QED) is 0.571. The Labute approximate surface area is 197 Å². The molecule has 2 amide bonds. The van der Waals surface area contributed by atoms with Gasteiger partial charge in [0.15, 0.2) is 11.6 Å². The van der Waals surface area contributed by atoms with E-state index in [0.717, 1.165) is 18.4 Å². The number of nitrogens with one attached hydrogen (secondary N) is 1. The minimum absolute atomic E-state index is 0.0689. The second-order valence-electron chi connectivity index (χ2n) is 7.82. The highest BCUT2D eigenvalue weighted by Gasteiger charge is 2.31. The van der Waals surface area contributed by atoms with E-state index in [1.807, 2.05) is 0 Å². The van der Waals surface area contributed by atoms with E-state index < -0.39 is 46.1 Å². The molecule has 2 aromatic carbocycles. The molecule has 7 nitrogen and oxygen atoms in total. The second-order valence-corrected chi connectivity index (χ2v) is 10.1. The summed E-state index contributed by atoms with van der Waals surface area (Å²) in [5.74, 6) is -3.58. The first kappa shape index (κ1) is 26.5. The molecule has 0 unspecified atom stereocenters. The van der Waals surface area contributed by atoms with Crippen molar-refractivity contribution < 1.29 is 26.8 Å². The topological polar surface area (TPSA) is 86.8 Å². The number of carbonyl (C=O) groups excluding carboxylic acids is 2. The smallest absolute Gasteiger partial charge is 0.244 e.